The van der Waals surface area contributed by atoms with Crippen LogP contribution in [0.1, 0.15) is 51.5 Å². The molecule has 1 aromatic rings. The lowest BCUT2D eigenvalue weighted by atomic mass is 9.70. The van der Waals surface area contributed by atoms with Crippen molar-refractivity contribution in [1.82, 2.24) is 5.32 Å². The highest BCUT2D eigenvalue weighted by Gasteiger charge is 2.42. The Labute approximate surface area is 169 Å². The Morgan fingerprint density at radius 2 is 1.68 bits per heavy atom. The Balaban J connectivity index is 2.25. The molecule has 3 atom stereocenters. The maximum absolute atomic E-state index is 12.2. The van der Waals surface area contributed by atoms with Crippen molar-refractivity contribution < 1.29 is 29.3 Å². The van der Waals surface area contributed by atoms with Crippen molar-refractivity contribution in [2.75, 3.05) is 0 Å². The van der Waals surface area contributed by atoms with Crippen LogP contribution in [-0.2, 0) is 14.3 Å². The summed E-state index contributed by atoms with van der Waals surface area (Å²) in [6.45, 7) is 5.30. The zero-order valence-electron chi connectivity index (χ0n) is 16.1. The molecule has 0 aromatic heterocycles. The molecule has 8 heteroatoms. The summed E-state index contributed by atoms with van der Waals surface area (Å²) in [5.74, 6) is -4.94. The predicted octanol–water partition coefficient (Wildman–Crippen LogP) is 3.90. The van der Waals surface area contributed by atoms with E-state index in [0.717, 1.165) is 5.56 Å². The quantitative estimate of drug-likeness (QED) is 0.633. The summed E-state index contributed by atoms with van der Waals surface area (Å²) in [7, 11) is 0. The minimum Gasteiger partial charge on any atom is -0.481 e. The summed E-state index contributed by atoms with van der Waals surface area (Å²) in [6, 6.07) is 6.77. The van der Waals surface area contributed by atoms with E-state index in [1.165, 1.54) is 0 Å². The highest BCUT2D eigenvalue weighted by Crippen LogP contribution is 2.40. The number of aliphatic carboxylic acids is 2. The second-order valence-corrected chi connectivity index (χ2v) is 8.57. The number of hydrogen-bond acceptors (Lipinski definition) is 4. The molecule has 0 spiro atoms. The number of carboxylic acids is 2. The second-order valence-electron chi connectivity index (χ2n) is 8.14. The molecule has 0 radical (unpaired) electrons. The van der Waals surface area contributed by atoms with Crippen LogP contribution in [-0.4, -0.2) is 39.9 Å². The molecule has 1 saturated carbocycles. The summed E-state index contributed by atoms with van der Waals surface area (Å²) >= 11 is 5.96. The number of rotatable bonds is 5. The molecule has 1 aliphatic rings. The lowest BCUT2D eigenvalue weighted by Crippen LogP contribution is -2.46. The van der Waals surface area contributed by atoms with E-state index in [0.29, 0.717) is 24.3 Å². The summed E-state index contributed by atoms with van der Waals surface area (Å²) in [6.07, 6.45) is 0.607. The van der Waals surface area contributed by atoms with Crippen LogP contribution >= 0.6 is 11.6 Å². The first-order valence-electron chi connectivity index (χ1n) is 9.18. The van der Waals surface area contributed by atoms with E-state index in [2.05, 4.69) is 5.32 Å². The molecule has 1 amide bonds. The van der Waals surface area contributed by atoms with E-state index >= 15 is 0 Å². The second kappa shape index (κ2) is 8.82. The van der Waals surface area contributed by atoms with Crippen LogP contribution in [0.25, 0.3) is 0 Å². The average molecular weight is 412 g/mol. The van der Waals surface area contributed by atoms with Crippen LogP contribution in [0.4, 0.5) is 4.79 Å². The molecule has 0 saturated heterocycles. The highest BCUT2D eigenvalue weighted by atomic mass is 35.5. The Morgan fingerprint density at radius 1 is 1.11 bits per heavy atom. The molecular formula is C20H26ClNO6. The molecule has 1 fully saturated rings. The molecule has 154 valence electrons. The summed E-state index contributed by atoms with van der Waals surface area (Å²) in [5, 5.41) is 22.1. The van der Waals surface area contributed by atoms with E-state index in [1.54, 1.807) is 32.9 Å². The van der Waals surface area contributed by atoms with Gasteiger partial charge in [0.05, 0.1) is 0 Å². The molecule has 1 aliphatic carbocycles. The number of hydrogen-bond donors (Lipinski definition) is 3. The molecular weight excluding hydrogens is 386 g/mol. The van der Waals surface area contributed by atoms with Gasteiger partial charge in [0.25, 0.3) is 0 Å². The van der Waals surface area contributed by atoms with Gasteiger partial charge < -0.3 is 20.3 Å². The third-order valence-corrected chi connectivity index (χ3v) is 5.15. The molecule has 0 aliphatic heterocycles. The summed E-state index contributed by atoms with van der Waals surface area (Å²) in [4.78, 5) is 35.2. The van der Waals surface area contributed by atoms with Crippen molar-refractivity contribution in [2.45, 2.75) is 57.6 Å². The standard InChI is InChI=1S/C20H26ClNO6/c1-20(2,3)28-19(27)22-15-9-6-12(16(17(23)24)18(25)26)10-14(15)11-4-7-13(21)8-5-11/h4-5,7-8,12,14-16H,6,9-10H2,1-3H3,(H,22,27)(H,23,24)(H,25,26)/t12-,14+,15-/m1/s1. The number of nitrogens with one attached hydrogen (secondary N) is 1. The minimum atomic E-state index is -1.47. The van der Waals surface area contributed by atoms with Crippen molar-refractivity contribution in [1.29, 1.82) is 0 Å². The SMILES string of the molecule is CC(C)(C)OC(=O)N[C@@H]1CC[C@@H](C(C(=O)O)C(=O)O)C[C@H]1c1ccc(Cl)cc1. The molecule has 0 bridgehead atoms. The van der Waals surface area contributed by atoms with Gasteiger partial charge in [-0.2, -0.15) is 0 Å². The van der Waals surface area contributed by atoms with E-state index in [4.69, 9.17) is 16.3 Å². The minimum absolute atomic E-state index is 0.246. The van der Waals surface area contributed by atoms with Gasteiger partial charge in [0, 0.05) is 17.0 Å². The number of benzene rings is 1. The molecule has 2 rings (SSSR count). The largest absolute Gasteiger partial charge is 0.481 e. The van der Waals surface area contributed by atoms with Crippen molar-refractivity contribution in [2.24, 2.45) is 11.8 Å². The number of carbonyl (C=O) groups excluding carboxylic acids is 1. The topological polar surface area (TPSA) is 113 Å². The normalized spacial score (nSPS) is 22.5. The number of halogens is 1. The van der Waals surface area contributed by atoms with Crippen LogP contribution in [0.15, 0.2) is 24.3 Å². The first kappa shape index (κ1) is 22.0. The lowest BCUT2D eigenvalue weighted by Gasteiger charge is -2.38. The summed E-state index contributed by atoms with van der Waals surface area (Å²) in [5.41, 5.74) is 0.221. The Kier molecular flexibility index (Phi) is 6.93. The smallest absolute Gasteiger partial charge is 0.407 e. The van der Waals surface area contributed by atoms with Crippen LogP contribution in [0.3, 0.4) is 0 Å². The number of alkyl carbamates (subject to hydrolysis) is 1. The van der Waals surface area contributed by atoms with Gasteiger partial charge in [0.2, 0.25) is 0 Å². The third kappa shape index (κ3) is 5.86. The highest BCUT2D eigenvalue weighted by molar-refractivity contribution is 6.30. The number of amides is 1. The number of carboxylic acid groups (broad SMARTS) is 2. The van der Waals surface area contributed by atoms with Crippen LogP contribution in [0, 0.1) is 11.8 Å². The van der Waals surface area contributed by atoms with Crippen molar-refractivity contribution in [3.05, 3.63) is 34.9 Å². The average Bonchev–Trinajstić information content (AvgIpc) is 2.54. The predicted molar refractivity (Wildman–Crippen MR) is 103 cm³/mol. The third-order valence-electron chi connectivity index (χ3n) is 4.89. The van der Waals surface area contributed by atoms with Gasteiger partial charge in [0.15, 0.2) is 5.92 Å². The monoisotopic (exact) mass is 411 g/mol. The fraction of sp³-hybridized carbons (Fsp3) is 0.550. The van der Waals surface area contributed by atoms with Crippen LogP contribution < -0.4 is 5.32 Å². The van der Waals surface area contributed by atoms with Crippen molar-refractivity contribution in [3.8, 4) is 0 Å². The van der Waals surface area contributed by atoms with Gasteiger partial charge in [-0.1, -0.05) is 23.7 Å². The first-order chi connectivity index (χ1) is 13.0. The van der Waals surface area contributed by atoms with E-state index in [9.17, 15) is 24.6 Å². The lowest BCUT2D eigenvalue weighted by molar-refractivity contribution is -0.158. The summed E-state index contributed by atoms with van der Waals surface area (Å²) < 4.78 is 5.34. The van der Waals surface area contributed by atoms with Crippen molar-refractivity contribution >= 4 is 29.6 Å². The molecule has 0 heterocycles. The van der Waals surface area contributed by atoms with E-state index in [-0.39, 0.29) is 12.0 Å². The number of carbonyl (C=O) groups is 3. The van der Waals surface area contributed by atoms with Gasteiger partial charge in [-0.3, -0.25) is 9.59 Å². The Bertz CT molecular complexity index is 713. The zero-order valence-corrected chi connectivity index (χ0v) is 16.9. The van der Waals surface area contributed by atoms with E-state index < -0.39 is 35.5 Å². The van der Waals surface area contributed by atoms with Crippen LogP contribution in [0.2, 0.25) is 5.02 Å². The maximum Gasteiger partial charge on any atom is 0.407 e. The van der Waals surface area contributed by atoms with Gasteiger partial charge in [-0.05, 0) is 63.6 Å². The van der Waals surface area contributed by atoms with Crippen LogP contribution in [0.5, 0.6) is 0 Å². The Hall–Kier alpha value is -2.28. The molecule has 3 N–H and O–H groups in total. The van der Waals surface area contributed by atoms with Gasteiger partial charge >= 0.3 is 18.0 Å². The van der Waals surface area contributed by atoms with Gasteiger partial charge in [-0.15, -0.1) is 0 Å². The molecule has 0 unspecified atom stereocenters. The fourth-order valence-corrected chi connectivity index (χ4v) is 3.85. The van der Waals surface area contributed by atoms with E-state index in [1.807, 2.05) is 12.1 Å². The van der Waals surface area contributed by atoms with Gasteiger partial charge in [-0.25, -0.2) is 4.79 Å². The number of ether oxygens (including phenoxy) is 1. The van der Waals surface area contributed by atoms with Gasteiger partial charge in [0.1, 0.15) is 5.60 Å². The zero-order chi connectivity index (χ0) is 21.1. The fourth-order valence-electron chi connectivity index (χ4n) is 3.72. The molecule has 28 heavy (non-hydrogen) atoms. The Morgan fingerprint density at radius 3 is 2.18 bits per heavy atom. The maximum atomic E-state index is 12.2. The molecule has 7 nitrogen and oxygen atoms in total. The first-order valence-corrected chi connectivity index (χ1v) is 9.56. The molecule has 1 aromatic carbocycles. The van der Waals surface area contributed by atoms with Crippen molar-refractivity contribution in [3.63, 3.8) is 0 Å².